The number of benzene rings is 1. The van der Waals surface area contributed by atoms with Crippen LogP contribution in [0.4, 0.5) is 4.39 Å². The Bertz CT molecular complexity index is 588. The number of hydrogen-bond acceptors (Lipinski definition) is 6. The van der Waals surface area contributed by atoms with Crippen LogP contribution in [0.2, 0.25) is 0 Å². The van der Waals surface area contributed by atoms with Gasteiger partial charge >= 0.3 is 0 Å². The van der Waals surface area contributed by atoms with E-state index in [1.165, 1.54) is 14.2 Å². The monoisotopic (exact) mass is 307 g/mol. The second kappa shape index (κ2) is 6.38. The van der Waals surface area contributed by atoms with Crippen molar-refractivity contribution < 1.29 is 27.4 Å². The fraction of sp³-hybridized carbons (Fsp3) is 0.500. The average molecular weight is 307 g/mol. The molecule has 0 saturated carbocycles. The highest BCUT2D eigenvalue weighted by atomic mass is 32.2. The Morgan fingerprint density at radius 1 is 1.35 bits per heavy atom. The Hall–Kier alpha value is -1.38. The van der Waals surface area contributed by atoms with Crippen molar-refractivity contribution in [2.75, 3.05) is 34.1 Å². The van der Waals surface area contributed by atoms with E-state index in [1.54, 1.807) is 7.05 Å². The third-order valence-corrected chi connectivity index (χ3v) is 3.83. The zero-order valence-electron chi connectivity index (χ0n) is 11.7. The number of halogens is 1. The normalized spacial score (nSPS) is 13.1. The summed E-state index contributed by atoms with van der Waals surface area (Å²) in [6.07, 6.45) is -0.191. The van der Waals surface area contributed by atoms with Crippen LogP contribution in [0.15, 0.2) is 11.0 Å². The Labute approximate surface area is 117 Å². The minimum Gasteiger partial charge on any atom is -0.492 e. The summed E-state index contributed by atoms with van der Waals surface area (Å²) in [5, 5.41) is 12.7. The van der Waals surface area contributed by atoms with Crippen molar-refractivity contribution in [1.82, 2.24) is 5.32 Å². The molecule has 0 amide bonds. The number of likely N-dealkylation sites (N-methyl/N-ethyl adjacent to an activating group) is 1. The van der Waals surface area contributed by atoms with Gasteiger partial charge in [-0.1, -0.05) is 0 Å². The summed E-state index contributed by atoms with van der Waals surface area (Å²) in [6, 6.07) is 0.944. The Morgan fingerprint density at radius 3 is 2.30 bits per heavy atom. The van der Waals surface area contributed by atoms with Gasteiger partial charge < -0.3 is 19.9 Å². The van der Waals surface area contributed by atoms with Crippen molar-refractivity contribution >= 4 is 9.84 Å². The first-order valence-corrected chi connectivity index (χ1v) is 7.64. The van der Waals surface area contributed by atoms with Crippen LogP contribution >= 0.6 is 0 Å². The highest BCUT2D eigenvalue weighted by Crippen LogP contribution is 2.41. The van der Waals surface area contributed by atoms with Crippen LogP contribution in [0, 0.1) is 5.82 Å². The van der Waals surface area contributed by atoms with Gasteiger partial charge in [0.1, 0.15) is 10.7 Å². The predicted octanol–water partition coefficient (Wildman–Crippen LogP) is 0.499. The molecule has 2 N–H and O–H groups in total. The third-order valence-electron chi connectivity index (χ3n) is 2.71. The van der Waals surface area contributed by atoms with E-state index < -0.39 is 26.7 Å². The average Bonchev–Trinajstić information content (AvgIpc) is 2.35. The lowest BCUT2D eigenvalue weighted by Crippen LogP contribution is -2.18. The van der Waals surface area contributed by atoms with E-state index >= 15 is 0 Å². The quantitative estimate of drug-likeness (QED) is 0.796. The molecule has 1 aromatic carbocycles. The molecule has 20 heavy (non-hydrogen) atoms. The van der Waals surface area contributed by atoms with Gasteiger partial charge in [0, 0.05) is 18.4 Å². The van der Waals surface area contributed by atoms with Gasteiger partial charge in [0.05, 0.1) is 20.3 Å². The molecule has 0 fully saturated rings. The van der Waals surface area contributed by atoms with Crippen LogP contribution in [0.25, 0.3) is 0 Å². The molecule has 114 valence electrons. The van der Waals surface area contributed by atoms with E-state index in [-0.39, 0.29) is 23.6 Å². The maximum Gasteiger partial charge on any atom is 0.182 e. The highest BCUT2D eigenvalue weighted by molar-refractivity contribution is 7.90. The topological polar surface area (TPSA) is 84.9 Å². The van der Waals surface area contributed by atoms with Crippen molar-refractivity contribution in [1.29, 1.82) is 0 Å². The van der Waals surface area contributed by atoms with Crippen LogP contribution < -0.4 is 14.8 Å². The van der Waals surface area contributed by atoms with E-state index in [2.05, 4.69) is 5.32 Å². The van der Waals surface area contributed by atoms with Gasteiger partial charge in [-0.15, -0.1) is 0 Å². The molecule has 0 heterocycles. The molecular weight excluding hydrogens is 289 g/mol. The number of nitrogens with one attached hydrogen (secondary N) is 1. The molecule has 0 aliphatic carbocycles. The van der Waals surface area contributed by atoms with Crippen molar-refractivity contribution in [3.8, 4) is 11.5 Å². The van der Waals surface area contributed by atoms with Crippen LogP contribution in [0.1, 0.15) is 11.7 Å². The van der Waals surface area contributed by atoms with Crippen LogP contribution in [0.3, 0.4) is 0 Å². The fourth-order valence-electron chi connectivity index (χ4n) is 1.90. The lowest BCUT2D eigenvalue weighted by atomic mass is 10.1. The van der Waals surface area contributed by atoms with E-state index in [9.17, 15) is 17.9 Å². The number of rotatable bonds is 6. The zero-order chi connectivity index (χ0) is 15.5. The molecule has 0 aliphatic rings. The summed E-state index contributed by atoms with van der Waals surface area (Å²) >= 11 is 0. The minimum absolute atomic E-state index is 0.00271. The first kappa shape index (κ1) is 16.7. The smallest absolute Gasteiger partial charge is 0.182 e. The maximum atomic E-state index is 14.1. The molecule has 1 aromatic rings. The summed E-state index contributed by atoms with van der Waals surface area (Å²) in [5.41, 5.74) is 0.114. The van der Waals surface area contributed by atoms with Crippen molar-refractivity contribution in [3.63, 3.8) is 0 Å². The van der Waals surface area contributed by atoms with E-state index in [1.807, 2.05) is 0 Å². The summed E-state index contributed by atoms with van der Waals surface area (Å²) in [4.78, 5) is -0.586. The van der Waals surface area contributed by atoms with E-state index in [0.717, 1.165) is 12.3 Å². The second-order valence-corrected chi connectivity index (χ2v) is 6.14. The number of methoxy groups -OCH3 is 2. The molecule has 0 spiro atoms. The first-order valence-electron chi connectivity index (χ1n) is 5.75. The predicted molar refractivity (Wildman–Crippen MR) is 71.5 cm³/mol. The molecule has 0 aliphatic heterocycles. The van der Waals surface area contributed by atoms with Gasteiger partial charge in [-0.05, 0) is 13.1 Å². The Balaban J connectivity index is 3.65. The van der Waals surface area contributed by atoms with Gasteiger partial charge in [-0.2, -0.15) is 0 Å². The van der Waals surface area contributed by atoms with Crippen molar-refractivity contribution in [2.45, 2.75) is 11.0 Å². The van der Waals surface area contributed by atoms with Gasteiger partial charge in [-0.3, -0.25) is 0 Å². The third kappa shape index (κ3) is 3.20. The van der Waals surface area contributed by atoms with Crippen molar-refractivity contribution in [3.05, 3.63) is 17.4 Å². The lowest BCUT2D eigenvalue weighted by molar-refractivity contribution is 0.171. The molecule has 0 bridgehead atoms. The van der Waals surface area contributed by atoms with Crippen LogP contribution in [0.5, 0.6) is 11.5 Å². The molecular formula is C12H18FNO5S. The fourth-order valence-corrected chi connectivity index (χ4v) is 2.83. The summed E-state index contributed by atoms with van der Waals surface area (Å²) in [6.45, 7) is 0.150. The first-order chi connectivity index (χ1) is 9.27. The van der Waals surface area contributed by atoms with Gasteiger partial charge in [0.15, 0.2) is 21.3 Å². The minimum atomic E-state index is -3.84. The standard InChI is InChI=1S/C12H18FNO5S/c1-14-6-9(15)7-5-8(13)12(20(4,16)17)11(19-3)10(7)18-2/h5,9,14-15H,6H2,1-4H3. The molecule has 0 aromatic heterocycles. The Kier molecular flexibility index (Phi) is 5.32. The number of ether oxygens (including phenoxy) is 2. The molecule has 6 nitrogen and oxygen atoms in total. The number of sulfone groups is 1. The van der Waals surface area contributed by atoms with Gasteiger partial charge in [0.25, 0.3) is 0 Å². The molecule has 8 heteroatoms. The van der Waals surface area contributed by atoms with Crippen molar-refractivity contribution in [2.24, 2.45) is 0 Å². The number of aliphatic hydroxyl groups is 1. The molecule has 0 saturated heterocycles. The zero-order valence-corrected chi connectivity index (χ0v) is 12.5. The highest BCUT2D eigenvalue weighted by Gasteiger charge is 2.28. The molecule has 1 atom stereocenters. The lowest BCUT2D eigenvalue weighted by Gasteiger charge is -2.19. The van der Waals surface area contributed by atoms with Crippen LogP contribution in [-0.2, 0) is 9.84 Å². The summed E-state index contributed by atoms with van der Waals surface area (Å²) in [7, 11) is 0.276. The second-order valence-electron chi connectivity index (χ2n) is 4.19. The van der Waals surface area contributed by atoms with Gasteiger partial charge in [-0.25, -0.2) is 12.8 Å². The largest absolute Gasteiger partial charge is 0.492 e. The Morgan fingerprint density at radius 2 is 1.90 bits per heavy atom. The van der Waals surface area contributed by atoms with E-state index in [4.69, 9.17) is 9.47 Å². The molecule has 1 rings (SSSR count). The van der Waals surface area contributed by atoms with E-state index in [0.29, 0.717) is 0 Å². The summed E-state index contributed by atoms with van der Waals surface area (Å²) in [5.74, 6) is -1.24. The maximum absolute atomic E-state index is 14.1. The number of hydrogen-bond donors (Lipinski definition) is 2. The van der Waals surface area contributed by atoms with Gasteiger partial charge in [0.2, 0.25) is 0 Å². The molecule has 1 unspecified atom stereocenters. The summed E-state index contributed by atoms with van der Waals surface area (Å²) < 4.78 is 47.4. The van der Waals surface area contributed by atoms with Crippen LogP contribution in [-0.4, -0.2) is 47.6 Å². The number of aliphatic hydroxyl groups excluding tert-OH is 1. The molecule has 0 radical (unpaired) electrons. The SMILES string of the molecule is CNCC(O)c1cc(F)c(S(C)(=O)=O)c(OC)c1OC.